The lowest BCUT2D eigenvalue weighted by Crippen LogP contribution is -2.55. The van der Waals surface area contributed by atoms with Crippen molar-refractivity contribution in [1.29, 1.82) is 0 Å². The van der Waals surface area contributed by atoms with Crippen LogP contribution in [0.1, 0.15) is 31.9 Å². The summed E-state index contributed by atoms with van der Waals surface area (Å²) in [6, 6.07) is 5.04. The molecule has 0 aliphatic carbocycles. The Labute approximate surface area is 121 Å². The van der Waals surface area contributed by atoms with Crippen molar-refractivity contribution in [3.05, 3.63) is 24.2 Å². The van der Waals surface area contributed by atoms with Gasteiger partial charge in [0.25, 0.3) is 0 Å². The Morgan fingerprint density at radius 2 is 2.45 bits per heavy atom. The Bertz CT molecular complexity index is 393. The number of hydrogen-bond donors (Lipinski definition) is 1. The third-order valence-corrected chi connectivity index (χ3v) is 4.52. The predicted molar refractivity (Wildman–Crippen MR) is 78.8 cm³/mol. The number of ether oxygens (including phenoxy) is 1. The number of nitrogens with one attached hydrogen (secondary N) is 1. The molecule has 0 bridgehead atoms. The van der Waals surface area contributed by atoms with Crippen LogP contribution in [0.15, 0.2) is 22.8 Å². The lowest BCUT2D eigenvalue weighted by molar-refractivity contribution is -0.0649. The first-order chi connectivity index (χ1) is 9.86. The zero-order valence-electron chi connectivity index (χ0n) is 12.4. The third-order valence-electron chi connectivity index (χ3n) is 4.52. The summed E-state index contributed by atoms with van der Waals surface area (Å²) in [5, 5.41) is 3.65. The first kappa shape index (κ1) is 14.1. The monoisotopic (exact) mass is 278 g/mol. The summed E-state index contributed by atoms with van der Waals surface area (Å²) >= 11 is 0. The Hall–Kier alpha value is -0.840. The second-order valence-electron chi connectivity index (χ2n) is 6.01. The van der Waals surface area contributed by atoms with E-state index in [1.807, 2.05) is 6.07 Å². The highest BCUT2D eigenvalue weighted by molar-refractivity contribution is 5.03. The van der Waals surface area contributed by atoms with E-state index in [-0.39, 0.29) is 6.10 Å². The molecule has 112 valence electrons. The molecule has 0 radical (unpaired) electrons. The molecule has 1 N–H and O–H groups in total. The summed E-state index contributed by atoms with van der Waals surface area (Å²) in [5.74, 6) is 1.05. The Balaban J connectivity index is 1.62. The van der Waals surface area contributed by atoms with Crippen LogP contribution in [0.2, 0.25) is 0 Å². The van der Waals surface area contributed by atoms with Crippen molar-refractivity contribution in [2.24, 2.45) is 0 Å². The molecule has 0 saturated carbocycles. The molecule has 4 nitrogen and oxygen atoms in total. The van der Waals surface area contributed by atoms with Crippen LogP contribution >= 0.6 is 0 Å². The average molecular weight is 278 g/mol. The van der Waals surface area contributed by atoms with Gasteiger partial charge in [-0.25, -0.2) is 0 Å². The second kappa shape index (κ2) is 6.74. The first-order valence-electron chi connectivity index (χ1n) is 7.98. The molecule has 0 amide bonds. The largest absolute Gasteiger partial charge is 0.469 e. The summed E-state index contributed by atoms with van der Waals surface area (Å²) in [7, 11) is 0. The fourth-order valence-corrected chi connectivity index (χ4v) is 3.40. The van der Waals surface area contributed by atoms with Crippen LogP contribution < -0.4 is 5.32 Å². The zero-order chi connectivity index (χ0) is 13.8. The summed E-state index contributed by atoms with van der Waals surface area (Å²) in [6.07, 6.45) is 6.72. The van der Waals surface area contributed by atoms with E-state index in [2.05, 4.69) is 23.2 Å². The normalized spacial score (nSPS) is 28.4. The standard InChI is InChI=1S/C16H26N2O2/c1-2-7-17-15(10-14-6-4-9-19-14)16-11-18-8-3-5-13(18)12-20-16/h4,6,9,13,15-17H,2-3,5,7-8,10-12H2,1H3. The Morgan fingerprint density at radius 3 is 3.25 bits per heavy atom. The summed E-state index contributed by atoms with van der Waals surface area (Å²) < 4.78 is 11.7. The molecule has 0 aromatic carbocycles. The summed E-state index contributed by atoms with van der Waals surface area (Å²) in [6.45, 7) is 6.44. The van der Waals surface area contributed by atoms with Crippen molar-refractivity contribution in [2.75, 3.05) is 26.2 Å². The lowest BCUT2D eigenvalue weighted by atomic mass is 10.0. The Morgan fingerprint density at radius 1 is 1.50 bits per heavy atom. The maximum Gasteiger partial charge on any atom is 0.105 e. The van der Waals surface area contributed by atoms with Crippen LogP contribution in [0.3, 0.4) is 0 Å². The molecule has 2 aliphatic rings. The van der Waals surface area contributed by atoms with Crippen molar-refractivity contribution in [2.45, 2.75) is 50.8 Å². The van der Waals surface area contributed by atoms with Crippen LogP contribution in [0.5, 0.6) is 0 Å². The molecule has 2 aliphatic heterocycles. The van der Waals surface area contributed by atoms with Gasteiger partial charge in [-0.05, 0) is 44.5 Å². The van der Waals surface area contributed by atoms with Crippen molar-refractivity contribution < 1.29 is 9.15 Å². The van der Waals surface area contributed by atoms with Crippen LogP contribution in [-0.2, 0) is 11.2 Å². The smallest absolute Gasteiger partial charge is 0.105 e. The highest BCUT2D eigenvalue weighted by atomic mass is 16.5. The number of rotatable bonds is 6. The molecular formula is C16H26N2O2. The molecule has 3 rings (SSSR count). The SMILES string of the molecule is CCCNC(Cc1ccco1)C1CN2CCCC2CO1. The van der Waals surface area contributed by atoms with E-state index in [9.17, 15) is 0 Å². The van der Waals surface area contributed by atoms with Crippen molar-refractivity contribution in [1.82, 2.24) is 10.2 Å². The van der Waals surface area contributed by atoms with E-state index in [1.165, 1.54) is 19.4 Å². The van der Waals surface area contributed by atoms with Crippen molar-refractivity contribution in [3.63, 3.8) is 0 Å². The summed E-state index contributed by atoms with van der Waals surface area (Å²) in [4.78, 5) is 2.61. The maximum atomic E-state index is 6.15. The third kappa shape index (κ3) is 3.25. The van der Waals surface area contributed by atoms with E-state index in [0.29, 0.717) is 12.1 Å². The molecule has 2 saturated heterocycles. The topological polar surface area (TPSA) is 37.6 Å². The van der Waals surface area contributed by atoms with Gasteiger partial charge in [-0.2, -0.15) is 0 Å². The highest BCUT2D eigenvalue weighted by Gasteiger charge is 2.35. The van der Waals surface area contributed by atoms with E-state index >= 15 is 0 Å². The minimum atomic E-state index is 0.279. The molecule has 3 unspecified atom stereocenters. The highest BCUT2D eigenvalue weighted by Crippen LogP contribution is 2.24. The number of hydrogen-bond acceptors (Lipinski definition) is 4. The van der Waals surface area contributed by atoms with Crippen LogP contribution in [-0.4, -0.2) is 49.3 Å². The van der Waals surface area contributed by atoms with E-state index in [1.54, 1.807) is 6.26 Å². The van der Waals surface area contributed by atoms with Gasteiger partial charge >= 0.3 is 0 Å². The minimum Gasteiger partial charge on any atom is -0.469 e. The number of morpholine rings is 1. The van der Waals surface area contributed by atoms with Gasteiger partial charge in [0.2, 0.25) is 0 Å². The molecule has 1 aromatic rings. The van der Waals surface area contributed by atoms with Gasteiger partial charge in [0.15, 0.2) is 0 Å². The van der Waals surface area contributed by atoms with Gasteiger partial charge in [-0.1, -0.05) is 6.92 Å². The van der Waals surface area contributed by atoms with Gasteiger partial charge in [-0.15, -0.1) is 0 Å². The quantitative estimate of drug-likeness (QED) is 0.864. The average Bonchev–Trinajstić information content (AvgIpc) is 3.13. The first-order valence-corrected chi connectivity index (χ1v) is 7.98. The fourth-order valence-electron chi connectivity index (χ4n) is 3.40. The zero-order valence-corrected chi connectivity index (χ0v) is 12.4. The van der Waals surface area contributed by atoms with Gasteiger partial charge < -0.3 is 14.5 Å². The molecule has 4 heteroatoms. The minimum absolute atomic E-state index is 0.279. The molecule has 3 atom stereocenters. The molecule has 3 heterocycles. The summed E-state index contributed by atoms with van der Waals surface area (Å²) in [5.41, 5.74) is 0. The lowest BCUT2D eigenvalue weighted by Gasteiger charge is -2.39. The van der Waals surface area contributed by atoms with E-state index in [0.717, 1.165) is 38.3 Å². The van der Waals surface area contributed by atoms with Gasteiger partial charge in [0, 0.05) is 25.0 Å². The van der Waals surface area contributed by atoms with Crippen molar-refractivity contribution in [3.8, 4) is 0 Å². The number of nitrogens with zero attached hydrogens (tertiary/aromatic N) is 1. The second-order valence-corrected chi connectivity index (χ2v) is 6.01. The van der Waals surface area contributed by atoms with Gasteiger partial charge in [0.1, 0.15) is 5.76 Å². The van der Waals surface area contributed by atoms with Gasteiger partial charge in [0.05, 0.1) is 19.0 Å². The number of fused-ring (bicyclic) bond motifs is 1. The van der Waals surface area contributed by atoms with Crippen LogP contribution in [0.25, 0.3) is 0 Å². The fraction of sp³-hybridized carbons (Fsp3) is 0.750. The molecular weight excluding hydrogens is 252 g/mol. The van der Waals surface area contributed by atoms with E-state index < -0.39 is 0 Å². The molecule has 1 aromatic heterocycles. The molecule has 2 fully saturated rings. The molecule has 20 heavy (non-hydrogen) atoms. The van der Waals surface area contributed by atoms with Crippen LogP contribution in [0, 0.1) is 0 Å². The van der Waals surface area contributed by atoms with E-state index in [4.69, 9.17) is 9.15 Å². The van der Waals surface area contributed by atoms with Gasteiger partial charge in [-0.3, -0.25) is 4.90 Å². The van der Waals surface area contributed by atoms with Crippen molar-refractivity contribution >= 4 is 0 Å². The number of furan rings is 1. The predicted octanol–water partition coefficient (Wildman–Crippen LogP) is 2.05. The molecule has 0 spiro atoms. The maximum absolute atomic E-state index is 6.15. The van der Waals surface area contributed by atoms with Crippen LogP contribution in [0.4, 0.5) is 0 Å². The Kier molecular flexibility index (Phi) is 4.76.